The predicted molar refractivity (Wildman–Crippen MR) is 53.7 cm³/mol. The quantitative estimate of drug-likeness (QED) is 0.807. The summed E-state index contributed by atoms with van der Waals surface area (Å²) in [5.74, 6) is -0.106. The van der Waals surface area contributed by atoms with E-state index in [9.17, 15) is 4.79 Å². The van der Waals surface area contributed by atoms with E-state index in [1.54, 1.807) is 18.2 Å². The summed E-state index contributed by atoms with van der Waals surface area (Å²) >= 11 is 5.89. The number of carbonyl (C=O) groups is 1. The van der Waals surface area contributed by atoms with Gasteiger partial charge in [0, 0.05) is 18.5 Å². The van der Waals surface area contributed by atoms with Crippen LogP contribution in [0, 0.1) is 11.3 Å². The van der Waals surface area contributed by atoms with Gasteiger partial charge in [0.05, 0.1) is 11.6 Å². The smallest absolute Gasteiger partial charge is 0.217 e. The van der Waals surface area contributed by atoms with Crippen LogP contribution in [0.4, 0.5) is 0 Å². The third-order valence-electron chi connectivity index (χ3n) is 1.71. The molecule has 0 spiro atoms. The number of halogens is 1. The van der Waals surface area contributed by atoms with Crippen LogP contribution in [0.5, 0.6) is 0 Å². The first-order valence-electron chi connectivity index (χ1n) is 4.06. The van der Waals surface area contributed by atoms with Gasteiger partial charge in [-0.15, -0.1) is 0 Å². The highest BCUT2D eigenvalue weighted by molar-refractivity contribution is 6.31. The molecule has 0 aromatic heterocycles. The third kappa shape index (κ3) is 2.75. The molecule has 1 aromatic rings. The number of nitrogens with one attached hydrogen (secondary N) is 1. The molecule has 0 bridgehead atoms. The summed E-state index contributed by atoms with van der Waals surface area (Å²) in [6.07, 6.45) is 0. The molecule has 0 aliphatic rings. The third-order valence-corrected chi connectivity index (χ3v) is 2.06. The average Bonchev–Trinajstić information content (AvgIpc) is 2.15. The summed E-state index contributed by atoms with van der Waals surface area (Å²) in [5, 5.41) is 11.7. The molecule has 0 fully saturated rings. The van der Waals surface area contributed by atoms with Crippen molar-refractivity contribution in [2.45, 2.75) is 13.5 Å². The summed E-state index contributed by atoms with van der Waals surface area (Å²) in [6, 6.07) is 6.97. The van der Waals surface area contributed by atoms with Gasteiger partial charge in [0.1, 0.15) is 0 Å². The van der Waals surface area contributed by atoms with Gasteiger partial charge in [-0.1, -0.05) is 17.7 Å². The van der Waals surface area contributed by atoms with E-state index in [1.165, 1.54) is 6.92 Å². The number of carbonyl (C=O) groups excluding carboxylic acids is 1. The van der Waals surface area contributed by atoms with Crippen molar-refractivity contribution < 1.29 is 4.79 Å². The van der Waals surface area contributed by atoms with Crippen LogP contribution in [-0.4, -0.2) is 5.91 Å². The fraction of sp³-hybridized carbons (Fsp3) is 0.200. The zero-order valence-electron chi connectivity index (χ0n) is 7.67. The van der Waals surface area contributed by atoms with Gasteiger partial charge in [0.2, 0.25) is 5.91 Å². The zero-order valence-corrected chi connectivity index (χ0v) is 8.43. The Labute approximate surface area is 87.3 Å². The average molecular weight is 209 g/mol. The molecule has 0 radical (unpaired) electrons. The number of hydrogen-bond donors (Lipinski definition) is 1. The van der Waals surface area contributed by atoms with E-state index < -0.39 is 0 Å². The molecule has 0 heterocycles. The van der Waals surface area contributed by atoms with E-state index >= 15 is 0 Å². The fourth-order valence-electron chi connectivity index (χ4n) is 0.980. The second kappa shape index (κ2) is 4.64. The minimum absolute atomic E-state index is 0.106. The molecule has 72 valence electrons. The maximum atomic E-state index is 10.6. The monoisotopic (exact) mass is 208 g/mol. The number of rotatable bonds is 2. The number of nitrogens with zero attached hydrogens (tertiary/aromatic N) is 1. The van der Waals surface area contributed by atoms with Crippen molar-refractivity contribution in [2.75, 3.05) is 0 Å². The summed E-state index contributed by atoms with van der Waals surface area (Å²) in [4.78, 5) is 10.6. The van der Waals surface area contributed by atoms with Crippen LogP contribution in [-0.2, 0) is 11.3 Å². The van der Waals surface area contributed by atoms with Crippen LogP contribution < -0.4 is 5.32 Å². The van der Waals surface area contributed by atoms with E-state index in [2.05, 4.69) is 5.32 Å². The zero-order chi connectivity index (χ0) is 10.6. The molecule has 3 nitrogen and oxygen atoms in total. The SMILES string of the molecule is CC(=O)NCc1ccc(C#N)cc1Cl. The Morgan fingerprint density at radius 1 is 1.64 bits per heavy atom. The van der Waals surface area contributed by atoms with Crippen LogP contribution in [0.15, 0.2) is 18.2 Å². The Balaban J connectivity index is 2.80. The number of nitriles is 1. The lowest BCUT2D eigenvalue weighted by Gasteiger charge is -2.04. The van der Waals surface area contributed by atoms with Crippen molar-refractivity contribution in [2.24, 2.45) is 0 Å². The molecule has 0 saturated heterocycles. The van der Waals surface area contributed by atoms with Crippen molar-refractivity contribution in [1.29, 1.82) is 5.26 Å². The lowest BCUT2D eigenvalue weighted by Crippen LogP contribution is -2.19. The van der Waals surface area contributed by atoms with E-state index in [1.807, 2.05) is 6.07 Å². The van der Waals surface area contributed by atoms with Crippen molar-refractivity contribution in [3.63, 3.8) is 0 Å². The summed E-state index contributed by atoms with van der Waals surface area (Å²) in [5.41, 5.74) is 1.32. The Morgan fingerprint density at radius 2 is 2.36 bits per heavy atom. The lowest BCUT2D eigenvalue weighted by atomic mass is 10.1. The molecular formula is C10H9ClN2O. The second-order valence-corrected chi connectivity index (χ2v) is 3.23. The van der Waals surface area contributed by atoms with Crippen LogP contribution in [0.3, 0.4) is 0 Å². The van der Waals surface area contributed by atoms with Crippen LogP contribution >= 0.6 is 11.6 Å². The lowest BCUT2D eigenvalue weighted by molar-refractivity contribution is -0.119. The van der Waals surface area contributed by atoms with Gasteiger partial charge >= 0.3 is 0 Å². The fourth-order valence-corrected chi connectivity index (χ4v) is 1.23. The number of amides is 1. The molecule has 0 aliphatic heterocycles. The molecule has 1 amide bonds. The molecule has 1 rings (SSSR count). The number of benzene rings is 1. The van der Waals surface area contributed by atoms with Crippen molar-refractivity contribution in [1.82, 2.24) is 5.32 Å². The minimum Gasteiger partial charge on any atom is -0.352 e. The van der Waals surface area contributed by atoms with Crippen molar-refractivity contribution >= 4 is 17.5 Å². The Bertz CT molecular complexity index is 396. The van der Waals surface area contributed by atoms with E-state index in [0.717, 1.165) is 5.56 Å². The molecule has 0 unspecified atom stereocenters. The van der Waals surface area contributed by atoms with Crippen LogP contribution in [0.2, 0.25) is 5.02 Å². The first-order valence-corrected chi connectivity index (χ1v) is 4.44. The molecule has 14 heavy (non-hydrogen) atoms. The van der Waals surface area contributed by atoms with Crippen molar-refractivity contribution in [3.05, 3.63) is 34.3 Å². The summed E-state index contributed by atoms with van der Waals surface area (Å²) < 4.78 is 0. The van der Waals surface area contributed by atoms with E-state index in [4.69, 9.17) is 16.9 Å². The second-order valence-electron chi connectivity index (χ2n) is 2.83. The molecule has 0 atom stereocenters. The van der Waals surface area contributed by atoms with Gasteiger partial charge in [-0.2, -0.15) is 5.26 Å². The van der Waals surface area contributed by atoms with Crippen LogP contribution in [0.1, 0.15) is 18.1 Å². The van der Waals surface area contributed by atoms with Gasteiger partial charge in [-0.3, -0.25) is 4.79 Å². The largest absolute Gasteiger partial charge is 0.352 e. The Kier molecular flexibility index (Phi) is 3.49. The molecular weight excluding hydrogens is 200 g/mol. The van der Waals surface area contributed by atoms with Gasteiger partial charge in [0.15, 0.2) is 0 Å². The first-order chi connectivity index (χ1) is 6.63. The maximum absolute atomic E-state index is 10.6. The highest BCUT2D eigenvalue weighted by Crippen LogP contribution is 2.17. The van der Waals surface area contributed by atoms with E-state index in [-0.39, 0.29) is 5.91 Å². The first kappa shape index (κ1) is 10.6. The van der Waals surface area contributed by atoms with Gasteiger partial charge in [0.25, 0.3) is 0 Å². The Hall–Kier alpha value is -1.53. The topological polar surface area (TPSA) is 52.9 Å². The molecule has 1 aromatic carbocycles. The molecule has 1 N–H and O–H groups in total. The Morgan fingerprint density at radius 3 is 2.86 bits per heavy atom. The standard InChI is InChI=1S/C10H9ClN2O/c1-7(14)13-6-9-3-2-8(5-12)4-10(9)11/h2-4H,6H2,1H3,(H,13,14). The summed E-state index contributed by atoms with van der Waals surface area (Å²) in [6.45, 7) is 1.83. The van der Waals surface area contributed by atoms with Gasteiger partial charge < -0.3 is 5.32 Å². The van der Waals surface area contributed by atoms with E-state index in [0.29, 0.717) is 17.1 Å². The predicted octanol–water partition coefficient (Wildman–Crippen LogP) is 1.85. The van der Waals surface area contributed by atoms with Gasteiger partial charge in [-0.05, 0) is 17.7 Å². The molecule has 0 saturated carbocycles. The normalized spacial score (nSPS) is 9.21. The van der Waals surface area contributed by atoms with Gasteiger partial charge in [-0.25, -0.2) is 0 Å². The summed E-state index contributed by atoms with van der Waals surface area (Å²) in [7, 11) is 0. The highest BCUT2D eigenvalue weighted by atomic mass is 35.5. The highest BCUT2D eigenvalue weighted by Gasteiger charge is 2.01. The number of hydrogen-bond acceptors (Lipinski definition) is 2. The molecule has 0 aliphatic carbocycles. The van der Waals surface area contributed by atoms with Crippen molar-refractivity contribution in [3.8, 4) is 6.07 Å². The maximum Gasteiger partial charge on any atom is 0.217 e. The minimum atomic E-state index is -0.106. The molecule has 4 heteroatoms. The van der Waals surface area contributed by atoms with Crippen LogP contribution in [0.25, 0.3) is 0 Å².